The molecule has 2 N–H and O–H groups in total. The molecule has 0 radical (unpaired) electrons. The Hall–Kier alpha value is -1.06. The van der Waals surface area contributed by atoms with Crippen LogP contribution in [0.2, 0.25) is 0 Å². The predicted octanol–water partition coefficient (Wildman–Crippen LogP) is 1.47. The van der Waals surface area contributed by atoms with E-state index in [0.29, 0.717) is 13.0 Å². The molecule has 82 valence electrons. The third-order valence-corrected chi connectivity index (χ3v) is 2.29. The molecule has 0 saturated heterocycles. The number of aliphatic hydroxyl groups is 1. The van der Waals surface area contributed by atoms with E-state index in [9.17, 15) is 9.90 Å². The van der Waals surface area contributed by atoms with E-state index in [-0.39, 0.29) is 11.8 Å². The Kier molecular flexibility index (Phi) is 5.15. The molecular weight excluding hydrogens is 214 g/mol. The van der Waals surface area contributed by atoms with E-state index in [1.54, 1.807) is 0 Å². The number of alkyl halides is 1. The molecule has 3 nitrogen and oxygen atoms in total. The summed E-state index contributed by atoms with van der Waals surface area (Å²) in [5, 5.41) is 12.3. The minimum atomic E-state index is -0.540. The molecule has 0 aromatic heterocycles. The van der Waals surface area contributed by atoms with Crippen LogP contribution in [0.5, 0.6) is 0 Å². The molecule has 0 spiro atoms. The lowest BCUT2D eigenvalue weighted by Gasteiger charge is -2.10. The highest BCUT2D eigenvalue weighted by atomic mass is 35.5. The Labute approximate surface area is 94.1 Å². The van der Waals surface area contributed by atoms with Gasteiger partial charge in [0.1, 0.15) is 5.88 Å². The van der Waals surface area contributed by atoms with Gasteiger partial charge in [0.15, 0.2) is 0 Å². The summed E-state index contributed by atoms with van der Waals surface area (Å²) < 4.78 is 0. The number of rotatable bonds is 5. The number of benzene rings is 1. The Balaban J connectivity index is 2.31. The first-order valence-electron chi connectivity index (χ1n) is 4.79. The van der Waals surface area contributed by atoms with Gasteiger partial charge in [-0.15, -0.1) is 11.6 Å². The molecule has 1 amide bonds. The summed E-state index contributed by atoms with van der Waals surface area (Å²) in [4.78, 5) is 10.8. The predicted molar refractivity (Wildman–Crippen MR) is 59.7 cm³/mol. The first kappa shape index (κ1) is 12.0. The van der Waals surface area contributed by atoms with Gasteiger partial charge in [-0.2, -0.15) is 0 Å². The number of hydrogen-bond donors (Lipinski definition) is 2. The van der Waals surface area contributed by atoms with Crippen LogP contribution in [-0.2, 0) is 4.79 Å². The van der Waals surface area contributed by atoms with Crippen molar-refractivity contribution in [3.05, 3.63) is 35.9 Å². The fourth-order valence-corrected chi connectivity index (χ4v) is 1.33. The van der Waals surface area contributed by atoms with Crippen molar-refractivity contribution < 1.29 is 9.90 Å². The van der Waals surface area contributed by atoms with E-state index >= 15 is 0 Å². The summed E-state index contributed by atoms with van der Waals surface area (Å²) in [6, 6.07) is 9.35. The van der Waals surface area contributed by atoms with Crippen molar-refractivity contribution in [2.24, 2.45) is 0 Å². The van der Waals surface area contributed by atoms with Crippen LogP contribution < -0.4 is 5.32 Å². The Bertz CT molecular complexity index is 303. The van der Waals surface area contributed by atoms with Crippen molar-refractivity contribution >= 4 is 17.5 Å². The van der Waals surface area contributed by atoms with Gasteiger partial charge in [-0.3, -0.25) is 4.79 Å². The van der Waals surface area contributed by atoms with Crippen LogP contribution in [-0.4, -0.2) is 23.4 Å². The van der Waals surface area contributed by atoms with Crippen molar-refractivity contribution in [1.82, 2.24) is 5.32 Å². The Morgan fingerprint density at radius 1 is 1.40 bits per heavy atom. The zero-order valence-corrected chi connectivity index (χ0v) is 9.07. The fourth-order valence-electron chi connectivity index (χ4n) is 1.24. The summed E-state index contributed by atoms with van der Waals surface area (Å²) in [5.41, 5.74) is 0.859. The molecule has 0 aliphatic carbocycles. The minimum Gasteiger partial charge on any atom is -0.388 e. The van der Waals surface area contributed by atoms with Crippen LogP contribution in [0.1, 0.15) is 18.1 Å². The first-order chi connectivity index (χ1) is 7.24. The van der Waals surface area contributed by atoms with Crippen LogP contribution in [0.4, 0.5) is 0 Å². The third kappa shape index (κ3) is 4.32. The third-order valence-electron chi connectivity index (χ3n) is 2.05. The van der Waals surface area contributed by atoms with Crippen LogP contribution >= 0.6 is 11.6 Å². The lowest BCUT2D eigenvalue weighted by molar-refractivity contribution is -0.118. The van der Waals surface area contributed by atoms with Gasteiger partial charge in [-0.05, 0) is 12.0 Å². The highest BCUT2D eigenvalue weighted by Crippen LogP contribution is 2.14. The lowest BCUT2D eigenvalue weighted by Crippen LogP contribution is -2.26. The summed E-state index contributed by atoms with van der Waals surface area (Å²) >= 11 is 5.31. The first-order valence-corrected chi connectivity index (χ1v) is 5.33. The molecule has 1 aromatic rings. The molecule has 0 aliphatic heterocycles. The highest BCUT2D eigenvalue weighted by Gasteiger charge is 2.06. The van der Waals surface area contributed by atoms with E-state index in [1.807, 2.05) is 30.3 Å². The average molecular weight is 228 g/mol. The normalized spacial score (nSPS) is 12.1. The van der Waals surface area contributed by atoms with Crippen molar-refractivity contribution in [2.75, 3.05) is 12.4 Å². The highest BCUT2D eigenvalue weighted by molar-refractivity contribution is 6.27. The van der Waals surface area contributed by atoms with Gasteiger partial charge in [-0.25, -0.2) is 0 Å². The zero-order chi connectivity index (χ0) is 11.1. The molecule has 1 unspecified atom stereocenters. The number of carbonyl (C=O) groups excluding carboxylic acids is 1. The number of aliphatic hydroxyl groups excluding tert-OH is 1. The van der Waals surface area contributed by atoms with Gasteiger partial charge in [0.25, 0.3) is 0 Å². The van der Waals surface area contributed by atoms with Gasteiger partial charge in [0.05, 0.1) is 6.10 Å². The SMILES string of the molecule is O=C(CCl)NCCC(O)c1ccccc1. The molecule has 4 heteroatoms. The standard InChI is InChI=1S/C11H14ClNO2/c12-8-11(15)13-7-6-10(14)9-4-2-1-3-5-9/h1-5,10,14H,6-8H2,(H,13,15). The van der Waals surface area contributed by atoms with Gasteiger partial charge < -0.3 is 10.4 Å². The quantitative estimate of drug-likeness (QED) is 0.749. The Morgan fingerprint density at radius 3 is 2.67 bits per heavy atom. The van der Waals surface area contributed by atoms with E-state index in [0.717, 1.165) is 5.56 Å². The van der Waals surface area contributed by atoms with Crippen LogP contribution in [0.3, 0.4) is 0 Å². The summed E-state index contributed by atoms with van der Waals surface area (Å²) in [6.07, 6.45) is -0.0473. The molecule has 0 fully saturated rings. The maximum absolute atomic E-state index is 10.8. The lowest BCUT2D eigenvalue weighted by atomic mass is 10.1. The van der Waals surface area contributed by atoms with E-state index < -0.39 is 6.10 Å². The molecular formula is C11H14ClNO2. The second-order valence-electron chi connectivity index (χ2n) is 3.20. The Morgan fingerprint density at radius 2 is 2.07 bits per heavy atom. The smallest absolute Gasteiger partial charge is 0.234 e. The second-order valence-corrected chi connectivity index (χ2v) is 3.47. The van der Waals surface area contributed by atoms with Gasteiger partial charge in [0.2, 0.25) is 5.91 Å². The van der Waals surface area contributed by atoms with Crippen molar-refractivity contribution in [3.63, 3.8) is 0 Å². The van der Waals surface area contributed by atoms with E-state index in [4.69, 9.17) is 11.6 Å². The average Bonchev–Trinajstić information content (AvgIpc) is 2.29. The number of halogens is 1. The number of hydrogen-bond acceptors (Lipinski definition) is 2. The van der Waals surface area contributed by atoms with Crippen LogP contribution in [0.25, 0.3) is 0 Å². The topological polar surface area (TPSA) is 49.3 Å². The van der Waals surface area contributed by atoms with Crippen molar-refractivity contribution in [2.45, 2.75) is 12.5 Å². The van der Waals surface area contributed by atoms with Crippen LogP contribution in [0, 0.1) is 0 Å². The monoisotopic (exact) mass is 227 g/mol. The molecule has 0 bridgehead atoms. The summed E-state index contributed by atoms with van der Waals surface area (Å²) in [5.74, 6) is -0.251. The molecule has 1 atom stereocenters. The number of carbonyl (C=O) groups is 1. The second kappa shape index (κ2) is 6.43. The molecule has 1 aromatic carbocycles. The van der Waals surface area contributed by atoms with Gasteiger partial charge in [0, 0.05) is 6.54 Å². The van der Waals surface area contributed by atoms with Gasteiger partial charge in [-0.1, -0.05) is 30.3 Å². The maximum Gasteiger partial charge on any atom is 0.234 e. The molecule has 0 saturated carbocycles. The zero-order valence-electron chi connectivity index (χ0n) is 8.32. The number of nitrogens with one attached hydrogen (secondary N) is 1. The van der Waals surface area contributed by atoms with Crippen molar-refractivity contribution in [1.29, 1.82) is 0 Å². The molecule has 0 heterocycles. The molecule has 1 rings (SSSR count). The maximum atomic E-state index is 10.8. The van der Waals surface area contributed by atoms with Crippen molar-refractivity contribution in [3.8, 4) is 0 Å². The fraction of sp³-hybridized carbons (Fsp3) is 0.364. The summed E-state index contributed by atoms with van der Waals surface area (Å²) in [7, 11) is 0. The largest absolute Gasteiger partial charge is 0.388 e. The van der Waals surface area contributed by atoms with Gasteiger partial charge >= 0.3 is 0 Å². The minimum absolute atomic E-state index is 0.0402. The number of amides is 1. The van der Waals surface area contributed by atoms with Crippen LogP contribution in [0.15, 0.2) is 30.3 Å². The van der Waals surface area contributed by atoms with E-state index in [2.05, 4.69) is 5.32 Å². The van der Waals surface area contributed by atoms with E-state index in [1.165, 1.54) is 0 Å². The summed E-state index contributed by atoms with van der Waals surface area (Å²) in [6.45, 7) is 0.432. The molecule has 0 aliphatic rings. The molecule has 15 heavy (non-hydrogen) atoms.